The second-order valence-corrected chi connectivity index (χ2v) is 4.70. The molecule has 1 aliphatic rings. The number of aliphatic carboxylic acids is 1. The summed E-state index contributed by atoms with van der Waals surface area (Å²) in [5.74, 6) is -0.977. The molecule has 2 unspecified atom stereocenters. The first-order valence-corrected chi connectivity index (χ1v) is 6.14. The Morgan fingerprint density at radius 1 is 1.44 bits per heavy atom. The van der Waals surface area contributed by atoms with Gasteiger partial charge in [-0.1, -0.05) is 0 Å². The summed E-state index contributed by atoms with van der Waals surface area (Å²) in [6.07, 6.45) is 4.94. The first kappa shape index (κ1) is 11.2. The summed E-state index contributed by atoms with van der Waals surface area (Å²) in [5.41, 5.74) is 1.99. The second kappa shape index (κ2) is 4.42. The Balaban J connectivity index is 1.94. The largest absolute Gasteiger partial charge is 0.481 e. The van der Waals surface area contributed by atoms with Crippen molar-refractivity contribution in [1.82, 2.24) is 15.3 Å². The molecule has 0 amide bonds. The molecule has 5 nitrogen and oxygen atoms in total. The fraction of sp³-hybridized carbons (Fsp3) is 0.385. The molecular weight excluding hydrogens is 230 g/mol. The molecule has 0 aromatic carbocycles. The molecule has 3 N–H and O–H groups in total. The molecule has 18 heavy (non-hydrogen) atoms. The highest BCUT2D eigenvalue weighted by Crippen LogP contribution is 2.30. The van der Waals surface area contributed by atoms with E-state index in [0.717, 1.165) is 23.1 Å². The van der Waals surface area contributed by atoms with Crippen molar-refractivity contribution < 1.29 is 9.90 Å². The SMILES string of the molecule is O=C(O)C1CCNC(c2nccc3[nH]ccc23)C1. The van der Waals surface area contributed by atoms with Gasteiger partial charge < -0.3 is 15.4 Å². The van der Waals surface area contributed by atoms with Gasteiger partial charge in [-0.15, -0.1) is 0 Å². The second-order valence-electron chi connectivity index (χ2n) is 4.70. The topological polar surface area (TPSA) is 78.0 Å². The van der Waals surface area contributed by atoms with Gasteiger partial charge >= 0.3 is 5.97 Å². The van der Waals surface area contributed by atoms with Gasteiger partial charge in [-0.05, 0) is 31.5 Å². The zero-order valence-corrected chi connectivity index (χ0v) is 9.89. The highest BCUT2D eigenvalue weighted by atomic mass is 16.4. The van der Waals surface area contributed by atoms with Crippen molar-refractivity contribution in [2.45, 2.75) is 18.9 Å². The Labute approximate surface area is 104 Å². The Kier molecular flexibility index (Phi) is 2.76. The average molecular weight is 245 g/mol. The number of H-pyrrole nitrogens is 1. The monoisotopic (exact) mass is 245 g/mol. The number of aromatic nitrogens is 2. The van der Waals surface area contributed by atoms with E-state index in [4.69, 9.17) is 5.11 Å². The fourth-order valence-electron chi connectivity index (χ4n) is 2.63. The number of hydrogen-bond donors (Lipinski definition) is 3. The molecule has 0 bridgehead atoms. The fourth-order valence-corrected chi connectivity index (χ4v) is 2.63. The van der Waals surface area contributed by atoms with Gasteiger partial charge in [0.25, 0.3) is 0 Å². The number of fused-ring (bicyclic) bond motifs is 1. The normalized spacial score (nSPS) is 24.2. The van der Waals surface area contributed by atoms with Crippen LogP contribution < -0.4 is 5.32 Å². The highest BCUT2D eigenvalue weighted by molar-refractivity contribution is 5.82. The lowest BCUT2D eigenvalue weighted by Gasteiger charge is -2.28. The van der Waals surface area contributed by atoms with Crippen molar-refractivity contribution in [3.8, 4) is 0 Å². The molecule has 0 saturated carbocycles. The van der Waals surface area contributed by atoms with Crippen LogP contribution in [0.25, 0.3) is 10.9 Å². The molecule has 0 radical (unpaired) electrons. The van der Waals surface area contributed by atoms with Crippen LogP contribution in [0.2, 0.25) is 0 Å². The van der Waals surface area contributed by atoms with E-state index in [0.29, 0.717) is 12.8 Å². The van der Waals surface area contributed by atoms with E-state index in [1.54, 1.807) is 6.20 Å². The minimum Gasteiger partial charge on any atom is -0.481 e. The number of rotatable bonds is 2. The first-order valence-electron chi connectivity index (χ1n) is 6.14. The van der Waals surface area contributed by atoms with E-state index >= 15 is 0 Å². The molecule has 3 heterocycles. The number of aromatic amines is 1. The summed E-state index contributed by atoms with van der Waals surface area (Å²) < 4.78 is 0. The lowest BCUT2D eigenvalue weighted by atomic mass is 9.90. The minimum absolute atomic E-state index is 0.0272. The predicted molar refractivity (Wildman–Crippen MR) is 67.2 cm³/mol. The van der Waals surface area contributed by atoms with Crippen molar-refractivity contribution >= 4 is 16.9 Å². The van der Waals surface area contributed by atoms with Gasteiger partial charge in [0.2, 0.25) is 0 Å². The number of hydrogen-bond acceptors (Lipinski definition) is 3. The predicted octanol–water partition coefficient (Wildman–Crippen LogP) is 1.69. The summed E-state index contributed by atoms with van der Waals surface area (Å²) in [5, 5.41) is 13.6. The van der Waals surface area contributed by atoms with Crippen molar-refractivity contribution in [2.75, 3.05) is 6.54 Å². The molecule has 3 rings (SSSR count). The Bertz CT molecular complexity index is 578. The van der Waals surface area contributed by atoms with E-state index in [1.807, 2.05) is 18.3 Å². The Morgan fingerprint density at radius 2 is 2.33 bits per heavy atom. The van der Waals surface area contributed by atoms with Crippen molar-refractivity contribution in [3.05, 3.63) is 30.2 Å². The highest BCUT2D eigenvalue weighted by Gasteiger charge is 2.29. The molecule has 2 aromatic rings. The molecule has 94 valence electrons. The maximum atomic E-state index is 11.1. The van der Waals surface area contributed by atoms with Gasteiger partial charge in [0.05, 0.1) is 17.7 Å². The minimum atomic E-state index is -0.706. The summed E-state index contributed by atoms with van der Waals surface area (Å²) in [7, 11) is 0. The summed E-state index contributed by atoms with van der Waals surface area (Å²) >= 11 is 0. The molecule has 0 aliphatic carbocycles. The van der Waals surface area contributed by atoms with E-state index in [1.165, 1.54) is 0 Å². The lowest BCUT2D eigenvalue weighted by molar-refractivity contribution is -0.143. The number of carboxylic acid groups (broad SMARTS) is 1. The van der Waals surface area contributed by atoms with Crippen LogP contribution in [-0.4, -0.2) is 27.6 Å². The smallest absolute Gasteiger partial charge is 0.306 e. The molecule has 2 aromatic heterocycles. The van der Waals surface area contributed by atoms with Gasteiger partial charge in [0, 0.05) is 23.3 Å². The van der Waals surface area contributed by atoms with Crippen LogP contribution >= 0.6 is 0 Å². The molecule has 1 saturated heterocycles. The molecular formula is C13H15N3O2. The number of carbonyl (C=O) groups is 1. The van der Waals surface area contributed by atoms with Crippen LogP contribution in [0.4, 0.5) is 0 Å². The molecule has 5 heteroatoms. The van der Waals surface area contributed by atoms with Crippen LogP contribution in [0, 0.1) is 5.92 Å². The number of piperidine rings is 1. The Hall–Kier alpha value is -1.88. The van der Waals surface area contributed by atoms with Gasteiger partial charge in [0.15, 0.2) is 0 Å². The summed E-state index contributed by atoms with van der Waals surface area (Å²) in [6, 6.07) is 3.94. The van der Waals surface area contributed by atoms with Crippen molar-refractivity contribution in [2.24, 2.45) is 5.92 Å². The number of nitrogens with one attached hydrogen (secondary N) is 2. The van der Waals surface area contributed by atoms with Crippen LogP contribution in [-0.2, 0) is 4.79 Å². The van der Waals surface area contributed by atoms with E-state index < -0.39 is 5.97 Å². The average Bonchev–Trinajstić information content (AvgIpc) is 2.87. The molecule has 1 aliphatic heterocycles. The van der Waals surface area contributed by atoms with Gasteiger partial charge in [-0.3, -0.25) is 9.78 Å². The van der Waals surface area contributed by atoms with E-state index in [9.17, 15) is 4.79 Å². The Morgan fingerprint density at radius 3 is 3.17 bits per heavy atom. The maximum Gasteiger partial charge on any atom is 0.306 e. The van der Waals surface area contributed by atoms with Crippen LogP contribution in [0.15, 0.2) is 24.5 Å². The van der Waals surface area contributed by atoms with Gasteiger partial charge in [0.1, 0.15) is 0 Å². The van der Waals surface area contributed by atoms with Crippen LogP contribution in [0.5, 0.6) is 0 Å². The molecule has 1 fully saturated rings. The van der Waals surface area contributed by atoms with Crippen LogP contribution in [0.3, 0.4) is 0 Å². The summed E-state index contributed by atoms with van der Waals surface area (Å²) in [4.78, 5) is 18.7. The zero-order chi connectivity index (χ0) is 12.5. The van der Waals surface area contributed by atoms with Crippen molar-refractivity contribution in [1.29, 1.82) is 0 Å². The lowest BCUT2D eigenvalue weighted by Crippen LogP contribution is -2.35. The molecule has 2 atom stereocenters. The third-order valence-electron chi connectivity index (χ3n) is 3.59. The third kappa shape index (κ3) is 1.86. The maximum absolute atomic E-state index is 11.1. The van der Waals surface area contributed by atoms with E-state index in [-0.39, 0.29) is 12.0 Å². The standard InChI is InChI=1S/C13H15N3O2/c17-13(18)8-1-4-15-11(7-8)12-9-2-5-14-10(9)3-6-16-12/h2-3,5-6,8,11,14-15H,1,4,7H2,(H,17,18). The number of pyridine rings is 1. The van der Waals surface area contributed by atoms with Gasteiger partial charge in [-0.25, -0.2) is 0 Å². The van der Waals surface area contributed by atoms with Crippen LogP contribution in [0.1, 0.15) is 24.6 Å². The molecule has 0 spiro atoms. The van der Waals surface area contributed by atoms with Crippen molar-refractivity contribution in [3.63, 3.8) is 0 Å². The summed E-state index contributed by atoms with van der Waals surface area (Å²) in [6.45, 7) is 0.726. The third-order valence-corrected chi connectivity index (χ3v) is 3.59. The first-order chi connectivity index (χ1) is 8.75. The van der Waals surface area contributed by atoms with E-state index in [2.05, 4.69) is 15.3 Å². The zero-order valence-electron chi connectivity index (χ0n) is 9.89. The number of carboxylic acids is 1. The van der Waals surface area contributed by atoms with Gasteiger partial charge in [-0.2, -0.15) is 0 Å². The quantitative estimate of drug-likeness (QED) is 0.752. The number of nitrogens with zero attached hydrogens (tertiary/aromatic N) is 1.